The van der Waals surface area contributed by atoms with Gasteiger partial charge in [-0.05, 0) is 42.5 Å². The van der Waals surface area contributed by atoms with Crippen LogP contribution in [0.15, 0.2) is 88.8 Å². The highest BCUT2D eigenvalue weighted by atomic mass is 35.5. The van der Waals surface area contributed by atoms with Gasteiger partial charge in [0.25, 0.3) is 5.91 Å². The number of benzene rings is 3. The minimum absolute atomic E-state index is 0.164. The van der Waals surface area contributed by atoms with Gasteiger partial charge in [-0.15, -0.1) is 5.10 Å². The zero-order valence-electron chi connectivity index (χ0n) is 15.2. The summed E-state index contributed by atoms with van der Waals surface area (Å²) in [4.78, 5) is 14.4. The molecule has 0 saturated heterocycles. The Morgan fingerprint density at radius 1 is 1.00 bits per heavy atom. The summed E-state index contributed by atoms with van der Waals surface area (Å²) in [6.07, 6.45) is 1.66. The number of rotatable bonds is 6. The lowest BCUT2D eigenvalue weighted by molar-refractivity contribution is -0.118. The summed E-state index contributed by atoms with van der Waals surface area (Å²) >= 11 is 7.49. The number of nitrogens with zero attached hydrogens (tertiary/aromatic N) is 2. The van der Waals surface area contributed by atoms with Gasteiger partial charge in [0, 0.05) is 25.6 Å². The van der Waals surface area contributed by atoms with E-state index in [1.54, 1.807) is 18.0 Å². The maximum atomic E-state index is 12.5. The Morgan fingerprint density at radius 3 is 2.62 bits per heavy atom. The topological polar surface area (TPSA) is 64.1 Å². The number of carbonyl (C=O) groups excluding carboxylic acids is 1. The molecule has 0 bridgehead atoms. The van der Waals surface area contributed by atoms with E-state index in [1.165, 1.54) is 0 Å². The van der Waals surface area contributed by atoms with Crippen molar-refractivity contribution in [3.05, 3.63) is 84.0 Å². The number of ether oxygens (including phenoxy) is 1. The van der Waals surface area contributed by atoms with Crippen molar-refractivity contribution in [2.24, 2.45) is 0 Å². The number of fused-ring (bicyclic) bond motifs is 1. The fraction of sp³-hybridized carbons (Fsp3) is 0.0455. The van der Waals surface area contributed by atoms with Crippen molar-refractivity contribution in [3.8, 4) is 5.88 Å². The largest absolute Gasteiger partial charge is 0.466 e. The van der Waals surface area contributed by atoms with Crippen LogP contribution in [0.3, 0.4) is 0 Å². The van der Waals surface area contributed by atoms with E-state index in [4.69, 9.17) is 16.3 Å². The molecule has 3 aromatic carbocycles. The van der Waals surface area contributed by atoms with E-state index in [1.807, 2.05) is 72.8 Å². The molecule has 7 heteroatoms. The van der Waals surface area contributed by atoms with Gasteiger partial charge in [0.1, 0.15) is 0 Å². The highest BCUT2D eigenvalue weighted by Crippen LogP contribution is 2.33. The molecule has 144 valence electrons. The van der Waals surface area contributed by atoms with Gasteiger partial charge in [-0.25, -0.2) is 0 Å². The molecule has 0 aliphatic carbocycles. The van der Waals surface area contributed by atoms with Crippen LogP contribution in [0.4, 0.5) is 5.69 Å². The van der Waals surface area contributed by atoms with Gasteiger partial charge in [0.15, 0.2) is 6.61 Å². The number of amides is 1. The Balaban J connectivity index is 1.44. The number of carbonyl (C=O) groups is 1. The van der Waals surface area contributed by atoms with Crippen molar-refractivity contribution < 1.29 is 9.53 Å². The first kappa shape index (κ1) is 19.2. The third-order valence-corrected chi connectivity index (χ3v) is 5.41. The SMILES string of the molecule is O=C(COc1nncc2ccccc12)Nc1ccccc1Sc1ccc(Cl)cc1. The molecule has 0 radical (unpaired) electrons. The Labute approximate surface area is 177 Å². The van der Waals surface area contributed by atoms with Crippen LogP contribution < -0.4 is 10.1 Å². The first-order chi connectivity index (χ1) is 14.2. The van der Waals surface area contributed by atoms with Crippen LogP contribution in [0.1, 0.15) is 0 Å². The van der Waals surface area contributed by atoms with Crippen molar-refractivity contribution in [2.75, 3.05) is 11.9 Å². The Bertz CT molecular complexity index is 1150. The maximum Gasteiger partial charge on any atom is 0.262 e. The first-order valence-electron chi connectivity index (χ1n) is 8.84. The van der Waals surface area contributed by atoms with E-state index in [9.17, 15) is 4.79 Å². The number of hydrogen-bond acceptors (Lipinski definition) is 5. The molecule has 4 aromatic rings. The summed E-state index contributed by atoms with van der Waals surface area (Å²) in [6.45, 7) is -0.164. The van der Waals surface area contributed by atoms with Gasteiger partial charge in [0.2, 0.25) is 5.88 Å². The number of para-hydroxylation sites is 1. The second-order valence-corrected chi connectivity index (χ2v) is 7.68. The van der Waals surface area contributed by atoms with Crippen LogP contribution in [0.2, 0.25) is 5.02 Å². The Hall–Kier alpha value is -3.09. The Morgan fingerprint density at radius 2 is 1.76 bits per heavy atom. The second kappa shape index (κ2) is 8.94. The number of nitrogens with one attached hydrogen (secondary N) is 1. The summed E-state index contributed by atoms with van der Waals surface area (Å²) in [5.74, 6) is 0.0611. The average molecular weight is 422 g/mol. The summed E-state index contributed by atoms with van der Waals surface area (Å²) in [7, 11) is 0. The van der Waals surface area contributed by atoms with Crippen LogP contribution in [0, 0.1) is 0 Å². The fourth-order valence-corrected chi connectivity index (χ4v) is 3.74. The summed E-state index contributed by atoms with van der Waals surface area (Å²) < 4.78 is 5.62. The standard InChI is InChI=1S/C22H16ClN3O2S/c23-16-9-11-17(12-10-16)29-20-8-4-3-7-19(20)25-21(27)14-28-22-18-6-2-1-5-15(18)13-24-26-22/h1-13H,14H2,(H,25,27). The molecule has 0 aliphatic rings. The lowest BCUT2D eigenvalue weighted by Gasteiger charge is -2.11. The van der Waals surface area contributed by atoms with E-state index >= 15 is 0 Å². The molecule has 1 aromatic heterocycles. The maximum absolute atomic E-state index is 12.5. The normalized spacial score (nSPS) is 10.7. The summed E-state index contributed by atoms with van der Waals surface area (Å²) in [5, 5.41) is 13.2. The van der Waals surface area contributed by atoms with Crippen LogP contribution >= 0.6 is 23.4 Å². The minimum atomic E-state index is -0.274. The van der Waals surface area contributed by atoms with Gasteiger partial charge >= 0.3 is 0 Å². The second-order valence-electron chi connectivity index (χ2n) is 6.13. The van der Waals surface area contributed by atoms with Crippen LogP contribution in [0.5, 0.6) is 5.88 Å². The third kappa shape index (κ3) is 4.85. The lowest BCUT2D eigenvalue weighted by Crippen LogP contribution is -2.21. The zero-order valence-corrected chi connectivity index (χ0v) is 16.8. The quantitative estimate of drug-likeness (QED) is 0.448. The van der Waals surface area contributed by atoms with Crippen molar-refractivity contribution in [1.29, 1.82) is 0 Å². The molecule has 1 N–H and O–H groups in total. The van der Waals surface area contributed by atoms with Crippen LogP contribution in [-0.2, 0) is 4.79 Å². The number of anilines is 1. The van der Waals surface area contributed by atoms with Crippen molar-refractivity contribution in [1.82, 2.24) is 10.2 Å². The Kier molecular flexibility index (Phi) is 5.93. The predicted octanol–water partition coefficient (Wildman–Crippen LogP) is 5.45. The molecule has 0 aliphatic heterocycles. The van der Waals surface area contributed by atoms with Crippen molar-refractivity contribution >= 4 is 45.7 Å². The molecular formula is C22H16ClN3O2S. The van der Waals surface area contributed by atoms with Gasteiger partial charge in [0.05, 0.1) is 11.9 Å². The van der Waals surface area contributed by atoms with E-state index in [0.29, 0.717) is 16.6 Å². The number of aromatic nitrogens is 2. The van der Waals surface area contributed by atoms with E-state index in [0.717, 1.165) is 20.6 Å². The molecule has 0 unspecified atom stereocenters. The average Bonchev–Trinajstić information content (AvgIpc) is 2.75. The zero-order chi connectivity index (χ0) is 20.1. The molecule has 0 fully saturated rings. The summed E-state index contributed by atoms with van der Waals surface area (Å²) in [5.41, 5.74) is 0.713. The fourth-order valence-electron chi connectivity index (χ4n) is 2.72. The van der Waals surface area contributed by atoms with Crippen LogP contribution in [0.25, 0.3) is 10.8 Å². The molecule has 0 saturated carbocycles. The molecule has 0 spiro atoms. The minimum Gasteiger partial charge on any atom is -0.466 e. The van der Waals surface area contributed by atoms with Gasteiger partial charge < -0.3 is 10.1 Å². The van der Waals surface area contributed by atoms with Gasteiger partial charge in [-0.2, -0.15) is 5.10 Å². The predicted molar refractivity (Wildman–Crippen MR) is 116 cm³/mol. The summed E-state index contributed by atoms with van der Waals surface area (Å²) in [6, 6.07) is 22.8. The van der Waals surface area contributed by atoms with E-state index in [2.05, 4.69) is 15.5 Å². The van der Waals surface area contributed by atoms with Crippen molar-refractivity contribution in [3.63, 3.8) is 0 Å². The first-order valence-corrected chi connectivity index (χ1v) is 10.0. The molecular weight excluding hydrogens is 406 g/mol. The molecule has 0 atom stereocenters. The highest BCUT2D eigenvalue weighted by Gasteiger charge is 2.11. The van der Waals surface area contributed by atoms with Crippen molar-refractivity contribution in [2.45, 2.75) is 9.79 Å². The monoisotopic (exact) mass is 421 g/mol. The molecule has 1 heterocycles. The molecule has 5 nitrogen and oxygen atoms in total. The van der Waals surface area contributed by atoms with Gasteiger partial charge in [-0.1, -0.05) is 53.7 Å². The number of halogens is 1. The highest BCUT2D eigenvalue weighted by molar-refractivity contribution is 7.99. The lowest BCUT2D eigenvalue weighted by atomic mass is 10.2. The van der Waals surface area contributed by atoms with Gasteiger partial charge in [-0.3, -0.25) is 4.79 Å². The molecule has 1 amide bonds. The van der Waals surface area contributed by atoms with Crippen LogP contribution in [-0.4, -0.2) is 22.7 Å². The van der Waals surface area contributed by atoms with E-state index in [-0.39, 0.29) is 12.5 Å². The smallest absolute Gasteiger partial charge is 0.262 e. The number of hydrogen-bond donors (Lipinski definition) is 1. The van der Waals surface area contributed by atoms with E-state index < -0.39 is 0 Å². The third-order valence-electron chi connectivity index (χ3n) is 4.08. The molecule has 29 heavy (non-hydrogen) atoms. The molecule has 4 rings (SSSR count).